The SMILES string of the molecule is CCC(=O)Oc1cccc(/C=C2\N=C(c3ccc([N+](=O)[O-])cc3)OC2=O)c1. The van der Waals surface area contributed by atoms with Crippen molar-refractivity contribution in [1.82, 2.24) is 0 Å². The van der Waals surface area contributed by atoms with Crippen molar-refractivity contribution in [3.05, 3.63) is 75.5 Å². The number of nitro groups is 1. The van der Waals surface area contributed by atoms with Gasteiger partial charge in [-0.05, 0) is 35.9 Å². The number of benzene rings is 2. The number of esters is 2. The van der Waals surface area contributed by atoms with Crippen LogP contribution in [0.5, 0.6) is 5.75 Å². The lowest BCUT2D eigenvalue weighted by molar-refractivity contribution is -0.384. The van der Waals surface area contributed by atoms with E-state index >= 15 is 0 Å². The van der Waals surface area contributed by atoms with Gasteiger partial charge in [-0.2, -0.15) is 0 Å². The quantitative estimate of drug-likeness (QED) is 0.264. The van der Waals surface area contributed by atoms with Crippen LogP contribution in [0.25, 0.3) is 6.08 Å². The number of carbonyl (C=O) groups is 2. The van der Waals surface area contributed by atoms with Crippen LogP contribution in [0.2, 0.25) is 0 Å². The van der Waals surface area contributed by atoms with Crippen molar-refractivity contribution in [3.63, 3.8) is 0 Å². The molecule has 1 aliphatic heterocycles. The van der Waals surface area contributed by atoms with Gasteiger partial charge in [0.15, 0.2) is 5.70 Å². The molecule has 0 saturated heterocycles. The molecular weight excluding hydrogens is 352 g/mol. The van der Waals surface area contributed by atoms with Crippen LogP contribution in [-0.4, -0.2) is 22.8 Å². The molecule has 0 fully saturated rings. The highest BCUT2D eigenvalue weighted by Crippen LogP contribution is 2.22. The summed E-state index contributed by atoms with van der Waals surface area (Å²) < 4.78 is 10.3. The second-order valence-corrected chi connectivity index (χ2v) is 5.54. The van der Waals surface area contributed by atoms with E-state index in [1.54, 1.807) is 31.2 Å². The Morgan fingerprint density at radius 3 is 2.67 bits per heavy atom. The predicted octanol–water partition coefficient (Wildman–Crippen LogP) is 3.25. The summed E-state index contributed by atoms with van der Waals surface area (Å²) in [6.45, 7) is 1.69. The number of carbonyl (C=O) groups excluding carboxylic acids is 2. The Labute approximate surface area is 153 Å². The Bertz CT molecular complexity index is 976. The fraction of sp³-hybridized carbons (Fsp3) is 0.105. The summed E-state index contributed by atoms with van der Waals surface area (Å²) in [5.41, 5.74) is 1.06. The minimum Gasteiger partial charge on any atom is -0.427 e. The van der Waals surface area contributed by atoms with Crippen LogP contribution in [0.4, 0.5) is 5.69 Å². The monoisotopic (exact) mass is 366 g/mol. The lowest BCUT2D eigenvalue weighted by Crippen LogP contribution is -2.05. The summed E-state index contributed by atoms with van der Waals surface area (Å²) in [6, 6.07) is 12.2. The summed E-state index contributed by atoms with van der Waals surface area (Å²) >= 11 is 0. The zero-order chi connectivity index (χ0) is 19.4. The molecule has 27 heavy (non-hydrogen) atoms. The molecule has 1 aliphatic rings. The van der Waals surface area contributed by atoms with Crippen LogP contribution >= 0.6 is 0 Å². The van der Waals surface area contributed by atoms with Crippen LogP contribution in [0.15, 0.2) is 59.2 Å². The van der Waals surface area contributed by atoms with Gasteiger partial charge in [-0.1, -0.05) is 19.1 Å². The molecule has 136 valence electrons. The topological polar surface area (TPSA) is 108 Å². The van der Waals surface area contributed by atoms with Crippen molar-refractivity contribution < 1.29 is 24.0 Å². The van der Waals surface area contributed by atoms with Crippen molar-refractivity contribution in [2.45, 2.75) is 13.3 Å². The lowest BCUT2D eigenvalue weighted by Gasteiger charge is -2.03. The maximum absolute atomic E-state index is 12.0. The molecule has 1 heterocycles. The van der Waals surface area contributed by atoms with Gasteiger partial charge >= 0.3 is 11.9 Å². The molecule has 0 amide bonds. The number of nitrogens with zero attached hydrogens (tertiary/aromatic N) is 2. The molecular formula is C19H14N2O6. The average Bonchev–Trinajstić information content (AvgIpc) is 3.02. The zero-order valence-electron chi connectivity index (χ0n) is 14.2. The molecule has 0 unspecified atom stereocenters. The molecule has 0 saturated carbocycles. The largest absolute Gasteiger partial charge is 0.427 e. The van der Waals surface area contributed by atoms with Gasteiger partial charge in [-0.25, -0.2) is 9.79 Å². The minimum atomic E-state index is -0.640. The molecule has 2 aromatic rings. The molecule has 0 N–H and O–H groups in total. The highest BCUT2D eigenvalue weighted by atomic mass is 16.6. The van der Waals surface area contributed by atoms with E-state index in [4.69, 9.17) is 9.47 Å². The standard InChI is InChI=1S/C19H14N2O6/c1-2-17(22)26-15-5-3-4-12(10-15)11-16-19(23)27-18(20-16)13-6-8-14(9-7-13)21(24)25/h3-11H,2H2,1H3/b16-11-. The molecule has 3 rings (SSSR count). The Kier molecular flexibility index (Phi) is 5.07. The molecule has 8 heteroatoms. The number of cyclic esters (lactones) is 1. The maximum atomic E-state index is 12.0. The molecule has 0 aromatic heterocycles. The number of non-ortho nitro benzene ring substituents is 1. The third-order valence-electron chi connectivity index (χ3n) is 3.63. The second-order valence-electron chi connectivity index (χ2n) is 5.54. The molecule has 2 aromatic carbocycles. The van der Waals surface area contributed by atoms with Crippen LogP contribution in [0, 0.1) is 10.1 Å². The van der Waals surface area contributed by atoms with Gasteiger partial charge in [-0.3, -0.25) is 14.9 Å². The first kappa shape index (κ1) is 18.0. The second kappa shape index (κ2) is 7.61. The lowest BCUT2D eigenvalue weighted by atomic mass is 10.2. The Balaban J connectivity index is 1.84. The summed E-state index contributed by atoms with van der Waals surface area (Å²) in [5.74, 6) is -0.574. The summed E-state index contributed by atoms with van der Waals surface area (Å²) in [5, 5.41) is 10.7. The number of ether oxygens (including phenoxy) is 2. The average molecular weight is 366 g/mol. The van der Waals surface area contributed by atoms with E-state index in [-0.39, 0.29) is 29.7 Å². The number of nitro benzene ring substituents is 1. The van der Waals surface area contributed by atoms with Gasteiger partial charge in [0.1, 0.15) is 5.75 Å². The number of hydrogen-bond donors (Lipinski definition) is 0. The number of aliphatic imine (C=N–C) groups is 1. The van der Waals surface area contributed by atoms with Crippen LogP contribution in [0.3, 0.4) is 0 Å². The smallest absolute Gasteiger partial charge is 0.363 e. The Morgan fingerprint density at radius 2 is 2.00 bits per heavy atom. The van der Waals surface area contributed by atoms with E-state index in [1.807, 2.05) is 0 Å². The van der Waals surface area contributed by atoms with Gasteiger partial charge in [0, 0.05) is 24.1 Å². The van der Waals surface area contributed by atoms with E-state index in [1.165, 1.54) is 30.3 Å². The predicted molar refractivity (Wildman–Crippen MR) is 96.1 cm³/mol. The van der Waals surface area contributed by atoms with E-state index in [0.717, 1.165) is 0 Å². The van der Waals surface area contributed by atoms with Crippen LogP contribution in [-0.2, 0) is 14.3 Å². The number of hydrogen-bond acceptors (Lipinski definition) is 7. The highest BCUT2D eigenvalue weighted by Gasteiger charge is 2.24. The van der Waals surface area contributed by atoms with Crippen molar-refractivity contribution in [3.8, 4) is 5.75 Å². The zero-order valence-corrected chi connectivity index (χ0v) is 14.2. The highest BCUT2D eigenvalue weighted by molar-refractivity contribution is 6.12. The first-order valence-corrected chi connectivity index (χ1v) is 8.04. The maximum Gasteiger partial charge on any atom is 0.363 e. The van der Waals surface area contributed by atoms with Crippen molar-refractivity contribution >= 4 is 29.6 Å². The van der Waals surface area contributed by atoms with Crippen molar-refractivity contribution in [1.29, 1.82) is 0 Å². The van der Waals surface area contributed by atoms with Gasteiger partial charge in [0.25, 0.3) is 5.69 Å². The van der Waals surface area contributed by atoms with Crippen LogP contribution in [0.1, 0.15) is 24.5 Å². The van der Waals surface area contributed by atoms with Crippen LogP contribution < -0.4 is 4.74 Å². The first-order chi connectivity index (χ1) is 13.0. The van der Waals surface area contributed by atoms with E-state index < -0.39 is 10.9 Å². The van der Waals surface area contributed by atoms with Gasteiger partial charge < -0.3 is 9.47 Å². The van der Waals surface area contributed by atoms with Crippen molar-refractivity contribution in [2.75, 3.05) is 0 Å². The van der Waals surface area contributed by atoms with Gasteiger partial charge in [-0.15, -0.1) is 0 Å². The molecule has 0 radical (unpaired) electrons. The van der Waals surface area contributed by atoms with Gasteiger partial charge in [0.05, 0.1) is 4.92 Å². The molecule has 0 spiro atoms. The normalized spacial score (nSPS) is 14.6. The van der Waals surface area contributed by atoms with E-state index in [9.17, 15) is 19.7 Å². The third-order valence-corrected chi connectivity index (χ3v) is 3.63. The summed E-state index contributed by atoms with van der Waals surface area (Å²) in [4.78, 5) is 37.8. The Hall–Kier alpha value is -3.81. The Morgan fingerprint density at radius 1 is 1.26 bits per heavy atom. The molecule has 8 nitrogen and oxygen atoms in total. The van der Waals surface area contributed by atoms with E-state index in [0.29, 0.717) is 16.9 Å². The first-order valence-electron chi connectivity index (χ1n) is 8.04. The third kappa shape index (κ3) is 4.24. The number of rotatable bonds is 5. The summed E-state index contributed by atoms with van der Waals surface area (Å²) in [7, 11) is 0. The summed E-state index contributed by atoms with van der Waals surface area (Å²) in [6.07, 6.45) is 1.75. The minimum absolute atomic E-state index is 0.0645. The fourth-order valence-corrected chi connectivity index (χ4v) is 2.29. The molecule has 0 aliphatic carbocycles. The van der Waals surface area contributed by atoms with E-state index in [2.05, 4.69) is 4.99 Å². The molecule has 0 bridgehead atoms. The fourth-order valence-electron chi connectivity index (χ4n) is 2.29. The van der Waals surface area contributed by atoms with Gasteiger partial charge in [0.2, 0.25) is 5.90 Å². The molecule has 0 atom stereocenters. The van der Waals surface area contributed by atoms with Crippen molar-refractivity contribution in [2.24, 2.45) is 4.99 Å².